The van der Waals surface area contributed by atoms with E-state index in [9.17, 15) is 9.18 Å². The van der Waals surface area contributed by atoms with Gasteiger partial charge in [-0.15, -0.1) is 0 Å². The fourth-order valence-electron chi connectivity index (χ4n) is 5.23. The second-order valence-corrected chi connectivity index (χ2v) is 9.20. The molecule has 0 fully saturated rings. The standard InChI is InChI=1S/C29H24FN3O2/c1-15-11-26(31)33-16(2)25(15)14-32-29(34)19-6-10-22-24(13-19)28-21-9-5-18(12-23(21)27(22)35-28)17-3-7-20(30)8-4-17/h3-13,27-28H,14H2,1-2H3,(H2,31,33)(H,32,34). The lowest BCUT2D eigenvalue weighted by Crippen LogP contribution is -2.24. The number of nitrogen functional groups attached to an aromatic ring is 1. The van der Waals surface area contributed by atoms with Crippen molar-refractivity contribution in [1.29, 1.82) is 0 Å². The Kier molecular flexibility index (Phi) is 4.93. The van der Waals surface area contributed by atoms with Crippen LogP contribution in [0.3, 0.4) is 0 Å². The van der Waals surface area contributed by atoms with Gasteiger partial charge in [0.15, 0.2) is 0 Å². The molecule has 35 heavy (non-hydrogen) atoms. The zero-order chi connectivity index (χ0) is 24.3. The lowest BCUT2D eigenvalue weighted by molar-refractivity contribution is 0.0857. The highest BCUT2D eigenvalue weighted by Crippen LogP contribution is 2.54. The number of amides is 1. The van der Waals surface area contributed by atoms with E-state index < -0.39 is 0 Å². The molecular formula is C29H24FN3O2. The summed E-state index contributed by atoms with van der Waals surface area (Å²) in [6.45, 7) is 4.25. The van der Waals surface area contributed by atoms with E-state index in [-0.39, 0.29) is 23.9 Å². The van der Waals surface area contributed by atoms with Gasteiger partial charge in [-0.3, -0.25) is 4.79 Å². The first-order valence-corrected chi connectivity index (χ1v) is 11.6. The molecule has 6 heteroatoms. The van der Waals surface area contributed by atoms with Crippen molar-refractivity contribution in [2.24, 2.45) is 0 Å². The number of aromatic nitrogens is 1. The molecule has 0 aliphatic carbocycles. The second-order valence-electron chi connectivity index (χ2n) is 9.20. The van der Waals surface area contributed by atoms with Crippen molar-refractivity contribution in [3.63, 3.8) is 0 Å². The zero-order valence-electron chi connectivity index (χ0n) is 19.4. The Labute approximate surface area is 202 Å². The minimum absolute atomic E-state index is 0.141. The number of aryl methyl sites for hydroxylation is 2. The third kappa shape index (κ3) is 3.58. The molecule has 2 aliphatic rings. The first-order valence-electron chi connectivity index (χ1n) is 11.6. The summed E-state index contributed by atoms with van der Waals surface area (Å²) >= 11 is 0. The number of ether oxygens (including phenoxy) is 1. The normalized spacial score (nSPS) is 17.2. The maximum atomic E-state index is 13.3. The molecule has 1 aromatic heterocycles. The minimum atomic E-state index is -0.249. The Morgan fingerprint density at radius 1 is 0.914 bits per heavy atom. The van der Waals surface area contributed by atoms with Crippen molar-refractivity contribution in [1.82, 2.24) is 10.3 Å². The number of hydrogen-bond acceptors (Lipinski definition) is 4. The molecule has 4 aromatic rings. The summed E-state index contributed by atoms with van der Waals surface area (Å²) in [7, 11) is 0. The molecule has 1 amide bonds. The van der Waals surface area contributed by atoms with Crippen LogP contribution in [0.4, 0.5) is 10.2 Å². The smallest absolute Gasteiger partial charge is 0.251 e. The van der Waals surface area contributed by atoms with Gasteiger partial charge in [-0.1, -0.05) is 30.3 Å². The fourth-order valence-corrected chi connectivity index (χ4v) is 5.23. The summed E-state index contributed by atoms with van der Waals surface area (Å²) in [5.41, 5.74) is 15.6. The zero-order valence-corrected chi connectivity index (χ0v) is 19.4. The van der Waals surface area contributed by atoms with Gasteiger partial charge in [0, 0.05) is 17.8 Å². The summed E-state index contributed by atoms with van der Waals surface area (Å²) in [4.78, 5) is 17.3. The Hall–Kier alpha value is -4.03. The number of halogens is 1. The average molecular weight is 466 g/mol. The topological polar surface area (TPSA) is 77.2 Å². The van der Waals surface area contributed by atoms with Crippen LogP contribution in [-0.4, -0.2) is 10.9 Å². The molecule has 0 saturated heterocycles. The van der Waals surface area contributed by atoms with E-state index in [0.29, 0.717) is 17.9 Å². The number of carbonyl (C=O) groups excluding carboxylic acids is 1. The van der Waals surface area contributed by atoms with Gasteiger partial charge in [0.2, 0.25) is 0 Å². The van der Waals surface area contributed by atoms with Crippen molar-refractivity contribution in [3.8, 4) is 11.1 Å². The van der Waals surface area contributed by atoms with Crippen LogP contribution in [0.2, 0.25) is 0 Å². The lowest BCUT2D eigenvalue weighted by Gasteiger charge is -2.18. The van der Waals surface area contributed by atoms with Crippen LogP contribution in [0.1, 0.15) is 61.6 Å². The molecule has 3 heterocycles. The van der Waals surface area contributed by atoms with Gasteiger partial charge in [-0.25, -0.2) is 9.37 Å². The quantitative estimate of drug-likeness (QED) is 0.415. The Balaban J connectivity index is 1.24. The minimum Gasteiger partial charge on any atom is -0.384 e. The van der Waals surface area contributed by atoms with Gasteiger partial charge in [-0.05, 0) is 94.8 Å². The number of fused-ring (bicyclic) bond motifs is 8. The maximum Gasteiger partial charge on any atom is 0.251 e. The van der Waals surface area contributed by atoms with E-state index in [2.05, 4.69) is 22.4 Å². The second kappa shape index (κ2) is 8.03. The number of benzene rings is 3. The van der Waals surface area contributed by atoms with E-state index in [1.54, 1.807) is 12.1 Å². The van der Waals surface area contributed by atoms with Crippen LogP contribution in [-0.2, 0) is 11.3 Å². The SMILES string of the molecule is Cc1cc(N)nc(C)c1CNC(=O)c1ccc2c(c1)C1OC2c2cc(-c3ccc(F)cc3)ccc21. The van der Waals surface area contributed by atoms with E-state index >= 15 is 0 Å². The van der Waals surface area contributed by atoms with Gasteiger partial charge >= 0.3 is 0 Å². The molecule has 2 aliphatic heterocycles. The largest absolute Gasteiger partial charge is 0.384 e. The van der Waals surface area contributed by atoms with Crippen LogP contribution < -0.4 is 11.1 Å². The van der Waals surface area contributed by atoms with Gasteiger partial charge in [0.25, 0.3) is 5.91 Å². The summed E-state index contributed by atoms with van der Waals surface area (Å²) < 4.78 is 19.6. The highest BCUT2D eigenvalue weighted by Gasteiger charge is 2.43. The predicted molar refractivity (Wildman–Crippen MR) is 132 cm³/mol. The number of carbonyl (C=O) groups is 1. The van der Waals surface area contributed by atoms with Crippen LogP contribution in [0.5, 0.6) is 0 Å². The van der Waals surface area contributed by atoms with E-state index in [1.807, 2.05) is 44.2 Å². The molecule has 174 valence electrons. The molecular weight excluding hydrogens is 441 g/mol. The Morgan fingerprint density at radius 3 is 2.29 bits per heavy atom. The third-order valence-electron chi connectivity index (χ3n) is 7.02. The molecule has 2 unspecified atom stereocenters. The van der Waals surface area contributed by atoms with Crippen molar-refractivity contribution < 1.29 is 13.9 Å². The van der Waals surface area contributed by atoms with Crippen molar-refractivity contribution >= 4 is 11.7 Å². The number of hydrogen-bond donors (Lipinski definition) is 2. The van der Waals surface area contributed by atoms with E-state index in [1.165, 1.54) is 12.1 Å². The molecule has 3 aromatic carbocycles. The van der Waals surface area contributed by atoms with E-state index in [0.717, 1.165) is 50.2 Å². The summed E-state index contributed by atoms with van der Waals surface area (Å²) in [5.74, 6) is 0.0911. The third-order valence-corrected chi connectivity index (χ3v) is 7.02. The highest BCUT2D eigenvalue weighted by atomic mass is 19.1. The van der Waals surface area contributed by atoms with Crippen molar-refractivity contribution in [3.05, 3.63) is 117 Å². The van der Waals surface area contributed by atoms with Gasteiger partial charge in [0.1, 0.15) is 23.8 Å². The van der Waals surface area contributed by atoms with Crippen LogP contribution in [0.25, 0.3) is 11.1 Å². The number of anilines is 1. The van der Waals surface area contributed by atoms with Crippen LogP contribution >= 0.6 is 0 Å². The van der Waals surface area contributed by atoms with Crippen molar-refractivity contribution in [2.45, 2.75) is 32.6 Å². The Bertz CT molecular complexity index is 1470. The number of pyridine rings is 1. The molecule has 0 spiro atoms. The lowest BCUT2D eigenvalue weighted by atomic mass is 9.84. The summed E-state index contributed by atoms with van der Waals surface area (Å²) in [6, 6.07) is 20.4. The molecule has 0 radical (unpaired) electrons. The van der Waals surface area contributed by atoms with Crippen LogP contribution in [0.15, 0.2) is 66.7 Å². The molecule has 2 bridgehead atoms. The molecule has 2 atom stereocenters. The summed E-state index contributed by atoms with van der Waals surface area (Å²) in [6.07, 6.45) is -0.348. The average Bonchev–Trinajstić information content (AvgIpc) is 3.40. The first kappa shape index (κ1) is 21.5. The van der Waals surface area contributed by atoms with Gasteiger partial charge < -0.3 is 15.8 Å². The molecule has 0 saturated carbocycles. The van der Waals surface area contributed by atoms with E-state index in [4.69, 9.17) is 10.5 Å². The maximum absolute atomic E-state index is 13.3. The number of rotatable bonds is 4. The molecule has 5 nitrogen and oxygen atoms in total. The van der Waals surface area contributed by atoms with Gasteiger partial charge in [0.05, 0.1) is 0 Å². The monoisotopic (exact) mass is 465 g/mol. The Morgan fingerprint density at radius 2 is 1.57 bits per heavy atom. The number of nitrogens with zero attached hydrogens (tertiary/aromatic N) is 1. The fraction of sp³-hybridized carbons (Fsp3) is 0.172. The molecule has 3 N–H and O–H groups in total. The molecule has 6 rings (SSSR count). The highest BCUT2D eigenvalue weighted by molar-refractivity contribution is 5.94. The first-order chi connectivity index (χ1) is 16.9. The number of nitrogens with one attached hydrogen (secondary N) is 1. The predicted octanol–water partition coefficient (Wildman–Crippen LogP) is 5.54. The van der Waals surface area contributed by atoms with Crippen LogP contribution in [0, 0.1) is 19.7 Å². The van der Waals surface area contributed by atoms with Gasteiger partial charge in [-0.2, -0.15) is 0 Å². The summed E-state index contributed by atoms with van der Waals surface area (Å²) in [5, 5.41) is 3.01. The number of nitrogens with two attached hydrogens (primary N) is 1. The van der Waals surface area contributed by atoms with Crippen molar-refractivity contribution in [2.75, 3.05) is 5.73 Å².